The quantitative estimate of drug-likeness (QED) is 0.816. The second-order valence-electron chi connectivity index (χ2n) is 5.56. The molecule has 0 unspecified atom stereocenters. The first-order valence-electron chi connectivity index (χ1n) is 7.29. The molecule has 2 heterocycles. The molecule has 0 aliphatic heterocycles. The number of hydrogen-bond donors (Lipinski definition) is 0. The smallest absolute Gasteiger partial charge is 0.122 e. The largest absolute Gasteiger partial charge is 0.375 e. The molecule has 4 nitrogen and oxygen atoms in total. The van der Waals surface area contributed by atoms with E-state index in [-0.39, 0.29) is 6.10 Å². The molecule has 3 rings (SSSR count). The number of rotatable bonds is 6. The average molecular weight is 323 g/mol. The van der Waals surface area contributed by atoms with Gasteiger partial charge in [0, 0.05) is 23.9 Å². The van der Waals surface area contributed by atoms with E-state index < -0.39 is 0 Å². The Morgan fingerprint density at radius 1 is 1.33 bits per heavy atom. The number of fused-ring (bicyclic) bond motifs is 1. The van der Waals surface area contributed by atoms with Crippen LogP contribution in [0.1, 0.15) is 45.7 Å². The van der Waals surface area contributed by atoms with Crippen LogP contribution in [0.4, 0.5) is 0 Å². The van der Waals surface area contributed by atoms with E-state index in [0.29, 0.717) is 0 Å². The zero-order chi connectivity index (χ0) is 14.8. The molecular weight excluding hydrogens is 302 g/mol. The van der Waals surface area contributed by atoms with Gasteiger partial charge in [-0.15, -0.1) is 22.7 Å². The fourth-order valence-electron chi connectivity index (χ4n) is 2.56. The Balaban J connectivity index is 1.58. The lowest BCUT2D eigenvalue weighted by Crippen LogP contribution is -2.17. The molecule has 1 aliphatic carbocycles. The molecule has 0 fully saturated rings. The maximum absolute atomic E-state index is 5.31. The van der Waals surface area contributed by atoms with Crippen LogP contribution >= 0.6 is 22.7 Å². The van der Waals surface area contributed by atoms with Gasteiger partial charge in [-0.2, -0.15) is 0 Å². The van der Waals surface area contributed by atoms with Crippen LogP contribution in [0.2, 0.25) is 0 Å². The minimum absolute atomic E-state index is 0.0796. The van der Waals surface area contributed by atoms with Gasteiger partial charge in [-0.05, 0) is 33.2 Å². The summed E-state index contributed by atoms with van der Waals surface area (Å²) in [6, 6.07) is 0. The summed E-state index contributed by atoms with van der Waals surface area (Å²) < 4.78 is 5.31. The van der Waals surface area contributed by atoms with Gasteiger partial charge in [0.15, 0.2) is 0 Å². The van der Waals surface area contributed by atoms with Gasteiger partial charge in [-0.25, -0.2) is 9.97 Å². The number of aryl methyl sites for hydroxylation is 2. The van der Waals surface area contributed by atoms with Crippen LogP contribution in [0, 0.1) is 0 Å². The van der Waals surface area contributed by atoms with Crippen molar-refractivity contribution in [3.8, 4) is 0 Å². The molecule has 0 saturated heterocycles. The van der Waals surface area contributed by atoms with E-state index in [1.54, 1.807) is 18.4 Å². The van der Waals surface area contributed by atoms with Crippen molar-refractivity contribution in [3.63, 3.8) is 0 Å². The van der Waals surface area contributed by atoms with Gasteiger partial charge in [0.25, 0.3) is 0 Å². The summed E-state index contributed by atoms with van der Waals surface area (Å²) in [5.41, 5.74) is 2.46. The molecule has 0 radical (unpaired) electrons. The van der Waals surface area contributed by atoms with Crippen molar-refractivity contribution in [2.24, 2.45) is 0 Å². The number of aromatic nitrogens is 2. The van der Waals surface area contributed by atoms with Crippen LogP contribution in [0.25, 0.3) is 0 Å². The molecule has 6 heteroatoms. The van der Waals surface area contributed by atoms with Crippen LogP contribution in [0.15, 0.2) is 5.38 Å². The van der Waals surface area contributed by atoms with E-state index in [2.05, 4.69) is 22.3 Å². The summed E-state index contributed by atoms with van der Waals surface area (Å²) in [6.45, 7) is 3.80. The van der Waals surface area contributed by atoms with Crippen molar-refractivity contribution in [2.75, 3.05) is 14.2 Å². The predicted molar refractivity (Wildman–Crippen MR) is 86.8 cm³/mol. The summed E-state index contributed by atoms with van der Waals surface area (Å²) in [5.74, 6) is 0. The van der Waals surface area contributed by atoms with Gasteiger partial charge >= 0.3 is 0 Å². The Morgan fingerprint density at radius 3 is 2.95 bits per heavy atom. The first-order valence-corrected chi connectivity index (χ1v) is 8.98. The van der Waals surface area contributed by atoms with Crippen molar-refractivity contribution >= 4 is 22.7 Å². The fourth-order valence-corrected chi connectivity index (χ4v) is 4.64. The third-order valence-electron chi connectivity index (χ3n) is 3.75. The lowest BCUT2D eigenvalue weighted by Gasteiger charge is -2.13. The van der Waals surface area contributed by atoms with Crippen LogP contribution in [0.5, 0.6) is 0 Å². The average Bonchev–Trinajstić information content (AvgIpc) is 3.13. The first-order chi connectivity index (χ1) is 10.2. The normalized spacial score (nSPS) is 15.6. The Morgan fingerprint density at radius 2 is 2.19 bits per heavy atom. The minimum Gasteiger partial charge on any atom is -0.375 e. The maximum atomic E-state index is 5.31. The fraction of sp³-hybridized carbons (Fsp3) is 0.600. The van der Waals surface area contributed by atoms with Gasteiger partial charge in [-0.1, -0.05) is 0 Å². The second-order valence-corrected chi connectivity index (χ2v) is 7.62. The SMILES string of the molecule is CO[C@@H](C)c1nc(CN(C)Cc2nc3c(s2)CCC3)cs1. The molecule has 21 heavy (non-hydrogen) atoms. The highest BCUT2D eigenvalue weighted by Gasteiger charge is 2.17. The second kappa shape index (κ2) is 6.52. The van der Waals surface area contributed by atoms with Crippen LogP contribution in [-0.4, -0.2) is 29.0 Å². The molecule has 114 valence electrons. The van der Waals surface area contributed by atoms with Gasteiger partial charge in [0.1, 0.15) is 16.1 Å². The Kier molecular flexibility index (Phi) is 4.69. The third-order valence-corrected chi connectivity index (χ3v) is 5.94. The molecular formula is C15H21N3OS2. The summed E-state index contributed by atoms with van der Waals surface area (Å²) in [6.07, 6.45) is 3.75. The van der Waals surface area contributed by atoms with Crippen molar-refractivity contribution < 1.29 is 4.74 Å². The summed E-state index contributed by atoms with van der Waals surface area (Å²) in [5, 5.41) is 4.42. The van der Waals surface area contributed by atoms with Crippen molar-refractivity contribution in [1.29, 1.82) is 0 Å². The topological polar surface area (TPSA) is 38.2 Å². The van der Waals surface area contributed by atoms with Gasteiger partial charge < -0.3 is 4.74 Å². The van der Waals surface area contributed by atoms with Gasteiger partial charge in [0.05, 0.1) is 17.9 Å². The van der Waals surface area contributed by atoms with Crippen molar-refractivity contribution in [3.05, 3.63) is 31.7 Å². The predicted octanol–water partition coefficient (Wildman–Crippen LogP) is 3.43. The summed E-state index contributed by atoms with van der Waals surface area (Å²) in [4.78, 5) is 13.2. The van der Waals surface area contributed by atoms with E-state index in [0.717, 1.165) is 23.8 Å². The summed E-state index contributed by atoms with van der Waals surface area (Å²) >= 11 is 3.56. The number of ether oxygens (including phenoxy) is 1. The molecule has 2 aromatic rings. The van der Waals surface area contributed by atoms with E-state index in [1.165, 1.54) is 34.8 Å². The Labute approximate surface area is 133 Å². The standard InChI is InChI=1S/C15H21N3OS2/c1-10(19-3)15-16-11(9-20-15)7-18(2)8-14-17-12-5-4-6-13(12)21-14/h9-10H,4-8H2,1-3H3/t10-/m0/s1. The Bertz CT molecular complexity index is 586. The molecule has 0 amide bonds. The zero-order valence-corrected chi connectivity index (χ0v) is 14.4. The monoisotopic (exact) mass is 323 g/mol. The molecule has 1 aliphatic rings. The van der Waals surface area contributed by atoms with Gasteiger partial charge in [-0.3, -0.25) is 4.90 Å². The molecule has 0 aromatic carbocycles. The van der Waals surface area contributed by atoms with Crippen LogP contribution in [0.3, 0.4) is 0 Å². The number of methoxy groups -OCH3 is 1. The first kappa shape index (κ1) is 15.1. The van der Waals surface area contributed by atoms with E-state index in [1.807, 2.05) is 18.3 Å². The molecule has 0 saturated carbocycles. The molecule has 2 aromatic heterocycles. The number of nitrogens with zero attached hydrogens (tertiary/aromatic N) is 3. The molecule has 0 N–H and O–H groups in total. The van der Waals surface area contributed by atoms with Crippen molar-refractivity contribution in [1.82, 2.24) is 14.9 Å². The molecule has 0 bridgehead atoms. The van der Waals surface area contributed by atoms with Crippen LogP contribution < -0.4 is 0 Å². The molecule has 0 spiro atoms. The van der Waals surface area contributed by atoms with Crippen LogP contribution in [-0.2, 0) is 30.7 Å². The lowest BCUT2D eigenvalue weighted by molar-refractivity contribution is 0.119. The maximum Gasteiger partial charge on any atom is 0.122 e. The van der Waals surface area contributed by atoms with Gasteiger partial charge in [0.2, 0.25) is 0 Å². The minimum atomic E-state index is 0.0796. The van der Waals surface area contributed by atoms with E-state index in [9.17, 15) is 0 Å². The highest BCUT2D eigenvalue weighted by Crippen LogP contribution is 2.28. The Hall–Kier alpha value is -0.820. The van der Waals surface area contributed by atoms with E-state index >= 15 is 0 Å². The number of thiazole rings is 2. The lowest BCUT2D eigenvalue weighted by atomic mass is 10.4. The van der Waals surface area contributed by atoms with Crippen molar-refractivity contribution in [2.45, 2.75) is 45.4 Å². The zero-order valence-electron chi connectivity index (χ0n) is 12.8. The third kappa shape index (κ3) is 3.51. The van der Waals surface area contributed by atoms with E-state index in [4.69, 9.17) is 9.72 Å². The molecule has 1 atom stereocenters. The highest BCUT2D eigenvalue weighted by atomic mass is 32.1. The summed E-state index contributed by atoms with van der Waals surface area (Å²) in [7, 11) is 3.85. The number of hydrogen-bond acceptors (Lipinski definition) is 6. The highest BCUT2D eigenvalue weighted by molar-refractivity contribution is 7.11.